The van der Waals surface area contributed by atoms with Gasteiger partial charge in [0.05, 0.1) is 0 Å². The third kappa shape index (κ3) is 8.13. The molecule has 7 heteroatoms. The number of hydrogen-bond acceptors (Lipinski definition) is 5. The van der Waals surface area contributed by atoms with E-state index >= 15 is 0 Å². The monoisotopic (exact) mass is 248 g/mol. The molecule has 0 spiro atoms. The average Bonchev–Trinajstić information content (AvgIpc) is 2.25. The summed E-state index contributed by atoms with van der Waals surface area (Å²) in [6, 6.07) is -0.863. The smallest absolute Gasteiger partial charge is 0.407 e. The lowest BCUT2D eigenvalue weighted by Crippen LogP contribution is -2.33. The van der Waals surface area contributed by atoms with E-state index < -0.39 is 18.1 Å². The second-order valence-corrected chi connectivity index (χ2v) is 3.98. The van der Waals surface area contributed by atoms with E-state index in [0.717, 1.165) is 0 Å². The number of alkyl carbamates (subject to hydrolysis) is 1. The molecule has 0 saturated heterocycles. The van der Waals surface area contributed by atoms with Gasteiger partial charge in [0.1, 0.15) is 12.6 Å². The largest absolute Gasteiger partial charge is 0.480 e. The lowest BCUT2D eigenvalue weighted by Gasteiger charge is -2.07. The molecule has 0 aromatic rings. The van der Waals surface area contributed by atoms with E-state index in [9.17, 15) is 9.59 Å². The number of thioether (sulfide) groups is 1. The zero-order valence-corrected chi connectivity index (χ0v) is 9.66. The van der Waals surface area contributed by atoms with Crippen molar-refractivity contribution in [2.45, 2.75) is 6.04 Å². The Labute approximate surface area is 98.2 Å². The third-order valence-electron chi connectivity index (χ3n) is 1.46. The summed E-state index contributed by atoms with van der Waals surface area (Å²) in [6.07, 6.45) is 0.961. The van der Waals surface area contributed by atoms with Crippen molar-refractivity contribution in [2.24, 2.45) is 5.73 Å². The van der Waals surface area contributed by atoms with Crippen molar-refractivity contribution in [3.8, 4) is 0 Å². The van der Waals surface area contributed by atoms with Crippen molar-refractivity contribution in [1.29, 1.82) is 0 Å². The molecule has 0 saturated carbocycles. The van der Waals surface area contributed by atoms with Crippen LogP contribution in [0.15, 0.2) is 12.7 Å². The summed E-state index contributed by atoms with van der Waals surface area (Å²) in [5.41, 5.74) is 5.28. The maximum Gasteiger partial charge on any atom is 0.407 e. The molecule has 0 heterocycles. The lowest BCUT2D eigenvalue weighted by molar-refractivity contribution is -0.137. The Morgan fingerprint density at radius 2 is 2.31 bits per heavy atom. The van der Waals surface area contributed by atoms with E-state index in [2.05, 4.69) is 16.6 Å². The maximum absolute atomic E-state index is 10.9. The molecule has 0 radical (unpaired) electrons. The topological polar surface area (TPSA) is 102 Å². The SMILES string of the molecule is C=CCOC(=O)NCCSC[C@@H](N)C(=O)O. The van der Waals surface area contributed by atoms with Gasteiger partial charge in [-0.1, -0.05) is 12.7 Å². The Morgan fingerprint density at radius 1 is 1.62 bits per heavy atom. The fourth-order valence-electron chi connectivity index (χ4n) is 0.692. The zero-order chi connectivity index (χ0) is 12.4. The van der Waals surface area contributed by atoms with Crippen molar-refractivity contribution in [3.05, 3.63) is 12.7 Å². The van der Waals surface area contributed by atoms with Crippen LogP contribution < -0.4 is 11.1 Å². The lowest BCUT2D eigenvalue weighted by atomic mass is 10.4. The van der Waals surface area contributed by atoms with E-state index in [0.29, 0.717) is 18.1 Å². The Bertz CT molecular complexity index is 248. The van der Waals surface area contributed by atoms with E-state index in [4.69, 9.17) is 10.8 Å². The van der Waals surface area contributed by atoms with Gasteiger partial charge in [-0.25, -0.2) is 4.79 Å². The van der Waals surface area contributed by atoms with Crippen LogP contribution in [0.1, 0.15) is 0 Å². The number of nitrogens with one attached hydrogen (secondary N) is 1. The van der Waals surface area contributed by atoms with Crippen LogP contribution in [0.3, 0.4) is 0 Å². The first-order valence-electron chi connectivity index (χ1n) is 4.65. The molecular weight excluding hydrogens is 232 g/mol. The number of hydrogen-bond donors (Lipinski definition) is 3. The molecule has 0 rings (SSSR count). The van der Waals surface area contributed by atoms with Crippen LogP contribution in [0.4, 0.5) is 4.79 Å². The highest BCUT2D eigenvalue weighted by atomic mass is 32.2. The molecule has 0 aliphatic rings. The number of aliphatic carboxylic acids is 1. The van der Waals surface area contributed by atoms with E-state index in [-0.39, 0.29) is 6.61 Å². The first-order valence-corrected chi connectivity index (χ1v) is 5.81. The van der Waals surface area contributed by atoms with Crippen LogP contribution in [-0.2, 0) is 9.53 Å². The van der Waals surface area contributed by atoms with Crippen molar-refractivity contribution in [1.82, 2.24) is 5.32 Å². The molecule has 92 valence electrons. The summed E-state index contributed by atoms with van der Waals surface area (Å²) in [5.74, 6) is -0.117. The maximum atomic E-state index is 10.9. The van der Waals surface area contributed by atoms with Crippen LogP contribution in [0, 0.1) is 0 Å². The minimum Gasteiger partial charge on any atom is -0.480 e. The van der Waals surface area contributed by atoms with Gasteiger partial charge in [-0.05, 0) is 0 Å². The van der Waals surface area contributed by atoms with Crippen LogP contribution >= 0.6 is 11.8 Å². The molecule has 0 bridgehead atoms. The summed E-state index contributed by atoms with van der Waals surface area (Å²) >= 11 is 1.36. The molecule has 16 heavy (non-hydrogen) atoms. The standard InChI is InChI=1S/C9H16N2O4S/c1-2-4-15-9(14)11-3-5-16-6-7(10)8(12)13/h2,7H,1,3-6,10H2,(H,11,14)(H,12,13)/t7-/m1/s1. The van der Waals surface area contributed by atoms with Crippen LogP contribution in [-0.4, -0.2) is 47.9 Å². The first kappa shape index (κ1) is 14.8. The highest BCUT2D eigenvalue weighted by Gasteiger charge is 2.10. The molecule has 0 aliphatic carbocycles. The fourth-order valence-corrected chi connectivity index (χ4v) is 1.50. The third-order valence-corrected chi connectivity index (χ3v) is 2.55. The number of carbonyl (C=O) groups is 2. The van der Waals surface area contributed by atoms with E-state index in [1.165, 1.54) is 17.8 Å². The number of carboxylic acid groups (broad SMARTS) is 1. The zero-order valence-electron chi connectivity index (χ0n) is 8.85. The minimum atomic E-state index is -1.02. The molecular formula is C9H16N2O4S. The summed E-state index contributed by atoms with van der Waals surface area (Å²) in [5, 5.41) is 11.0. The molecule has 0 aromatic heterocycles. The Kier molecular flexibility index (Phi) is 8.36. The van der Waals surface area contributed by atoms with Crippen molar-refractivity contribution in [3.63, 3.8) is 0 Å². The van der Waals surface area contributed by atoms with Gasteiger partial charge in [0, 0.05) is 18.1 Å². The highest BCUT2D eigenvalue weighted by molar-refractivity contribution is 7.99. The van der Waals surface area contributed by atoms with Crippen molar-refractivity contribution in [2.75, 3.05) is 24.7 Å². The minimum absolute atomic E-state index is 0.170. The Morgan fingerprint density at radius 3 is 2.88 bits per heavy atom. The molecule has 6 nitrogen and oxygen atoms in total. The predicted octanol–water partition coefficient (Wildman–Crippen LogP) is 0.0437. The number of amides is 1. The number of nitrogens with two attached hydrogens (primary N) is 1. The van der Waals surface area contributed by atoms with E-state index in [1.807, 2.05) is 0 Å². The highest BCUT2D eigenvalue weighted by Crippen LogP contribution is 2.00. The second-order valence-electron chi connectivity index (χ2n) is 2.83. The van der Waals surface area contributed by atoms with Gasteiger partial charge in [-0.15, -0.1) is 0 Å². The average molecular weight is 248 g/mol. The molecule has 0 aliphatic heterocycles. The molecule has 4 N–H and O–H groups in total. The van der Waals surface area contributed by atoms with Gasteiger partial charge in [0.2, 0.25) is 0 Å². The molecule has 0 aromatic carbocycles. The number of carbonyl (C=O) groups excluding carboxylic acids is 1. The quantitative estimate of drug-likeness (QED) is 0.414. The number of carboxylic acids is 1. The van der Waals surface area contributed by atoms with Gasteiger partial charge < -0.3 is 20.9 Å². The van der Waals surface area contributed by atoms with Crippen LogP contribution in [0.2, 0.25) is 0 Å². The first-order chi connectivity index (χ1) is 7.57. The summed E-state index contributed by atoms with van der Waals surface area (Å²) < 4.78 is 4.66. The number of ether oxygens (including phenoxy) is 1. The molecule has 1 amide bonds. The van der Waals surface area contributed by atoms with Gasteiger partial charge in [-0.3, -0.25) is 4.79 Å². The normalized spacial score (nSPS) is 11.6. The predicted molar refractivity (Wildman–Crippen MR) is 62.5 cm³/mol. The molecule has 1 atom stereocenters. The van der Waals surface area contributed by atoms with Gasteiger partial charge >= 0.3 is 12.1 Å². The van der Waals surface area contributed by atoms with Gasteiger partial charge in [-0.2, -0.15) is 11.8 Å². The summed E-state index contributed by atoms with van der Waals surface area (Å²) in [7, 11) is 0. The van der Waals surface area contributed by atoms with Crippen molar-refractivity contribution < 1.29 is 19.4 Å². The summed E-state index contributed by atoms with van der Waals surface area (Å²) in [6.45, 7) is 3.98. The number of rotatable bonds is 8. The van der Waals surface area contributed by atoms with Crippen LogP contribution in [0.5, 0.6) is 0 Å². The van der Waals surface area contributed by atoms with Crippen LogP contribution in [0.25, 0.3) is 0 Å². The van der Waals surface area contributed by atoms with Crippen molar-refractivity contribution >= 4 is 23.8 Å². The van der Waals surface area contributed by atoms with Gasteiger partial charge in [0.15, 0.2) is 0 Å². The van der Waals surface area contributed by atoms with Gasteiger partial charge in [0.25, 0.3) is 0 Å². The molecule has 0 fully saturated rings. The Hall–Kier alpha value is -1.21. The Balaban J connectivity index is 3.36. The fraction of sp³-hybridized carbons (Fsp3) is 0.556. The van der Waals surface area contributed by atoms with E-state index in [1.54, 1.807) is 0 Å². The molecule has 0 unspecified atom stereocenters. The summed E-state index contributed by atoms with van der Waals surface area (Å²) in [4.78, 5) is 21.3. The second kappa shape index (κ2) is 9.05.